The zero-order chi connectivity index (χ0) is 14.5. The Kier molecular flexibility index (Phi) is 4.37. The number of amides is 1. The molecule has 20 heavy (non-hydrogen) atoms. The summed E-state index contributed by atoms with van der Waals surface area (Å²) in [6.07, 6.45) is -0.794. The number of aliphatic hydroxyl groups excluding tert-OH is 1. The molecule has 2 N–H and O–H groups in total. The number of aliphatic hydroxyl groups is 1. The van der Waals surface area contributed by atoms with Gasteiger partial charge in [-0.2, -0.15) is 0 Å². The first-order valence-electron chi connectivity index (χ1n) is 6.13. The van der Waals surface area contributed by atoms with Crippen LogP contribution in [0.5, 0.6) is 5.75 Å². The summed E-state index contributed by atoms with van der Waals surface area (Å²) in [5.74, 6) is 0.892. The molecule has 0 spiro atoms. The highest BCUT2D eigenvalue weighted by atomic mass is 16.5. The van der Waals surface area contributed by atoms with Gasteiger partial charge in [0.1, 0.15) is 11.5 Å². The number of aromatic nitrogens is 1. The van der Waals surface area contributed by atoms with Crippen LogP contribution in [-0.4, -0.2) is 29.8 Å². The van der Waals surface area contributed by atoms with Gasteiger partial charge in [-0.15, -0.1) is 0 Å². The number of nitrogens with zero attached hydrogens (tertiary/aromatic N) is 1. The lowest BCUT2D eigenvalue weighted by Crippen LogP contribution is -2.28. The third-order valence-electron chi connectivity index (χ3n) is 2.82. The Morgan fingerprint density at radius 1 is 1.45 bits per heavy atom. The molecule has 2 rings (SSSR count). The second kappa shape index (κ2) is 6.21. The Hall–Kier alpha value is -2.34. The van der Waals surface area contributed by atoms with Crippen molar-refractivity contribution >= 4 is 5.91 Å². The highest BCUT2D eigenvalue weighted by molar-refractivity contribution is 5.92. The Morgan fingerprint density at radius 2 is 2.15 bits per heavy atom. The SMILES string of the molecule is COc1ccc(C(O)CNC(=O)c2cc(C)on2)cc1. The van der Waals surface area contributed by atoms with Crippen molar-refractivity contribution in [3.05, 3.63) is 47.3 Å². The quantitative estimate of drug-likeness (QED) is 0.863. The smallest absolute Gasteiger partial charge is 0.273 e. The van der Waals surface area contributed by atoms with Crippen LogP contribution in [0.3, 0.4) is 0 Å². The normalized spacial score (nSPS) is 11.9. The van der Waals surface area contributed by atoms with E-state index in [1.807, 2.05) is 0 Å². The second-order valence-corrected chi connectivity index (χ2v) is 4.32. The molecular weight excluding hydrogens is 260 g/mol. The summed E-state index contributed by atoms with van der Waals surface area (Å²) in [6, 6.07) is 8.53. The van der Waals surface area contributed by atoms with Crippen molar-refractivity contribution in [2.24, 2.45) is 0 Å². The van der Waals surface area contributed by atoms with Crippen LogP contribution in [0.1, 0.15) is 27.9 Å². The van der Waals surface area contributed by atoms with E-state index in [-0.39, 0.29) is 18.1 Å². The number of benzene rings is 1. The summed E-state index contributed by atoms with van der Waals surface area (Å²) in [6.45, 7) is 1.80. The van der Waals surface area contributed by atoms with E-state index in [1.165, 1.54) is 6.07 Å². The Bertz CT molecular complexity index is 577. The minimum atomic E-state index is -0.794. The molecule has 0 saturated heterocycles. The molecule has 0 aliphatic rings. The first-order valence-corrected chi connectivity index (χ1v) is 6.13. The number of carbonyl (C=O) groups is 1. The van der Waals surface area contributed by atoms with Crippen molar-refractivity contribution in [1.82, 2.24) is 10.5 Å². The van der Waals surface area contributed by atoms with Gasteiger partial charge in [-0.3, -0.25) is 4.79 Å². The highest BCUT2D eigenvalue weighted by Gasteiger charge is 2.13. The van der Waals surface area contributed by atoms with E-state index in [4.69, 9.17) is 9.26 Å². The third kappa shape index (κ3) is 3.36. The molecule has 1 aromatic heterocycles. The standard InChI is InChI=1S/C14H16N2O4/c1-9-7-12(16-20-9)14(18)15-8-13(17)10-3-5-11(19-2)6-4-10/h3-7,13,17H,8H2,1-2H3,(H,15,18). The largest absolute Gasteiger partial charge is 0.497 e. The lowest BCUT2D eigenvalue weighted by Gasteiger charge is -2.12. The average Bonchev–Trinajstić information content (AvgIpc) is 2.91. The van der Waals surface area contributed by atoms with Crippen LogP contribution in [0, 0.1) is 6.92 Å². The maximum Gasteiger partial charge on any atom is 0.273 e. The molecule has 1 aromatic carbocycles. The van der Waals surface area contributed by atoms with Gasteiger partial charge in [0.25, 0.3) is 5.91 Å². The lowest BCUT2D eigenvalue weighted by atomic mass is 10.1. The number of carbonyl (C=O) groups excluding carboxylic acids is 1. The number of hydrogen-bond donors (Lipinski definition) is 2. The molecule has 0 radical (unpaired) electrons. The summed E-state index contributed by atoms with van der Waals surface area (Å²) in [4.78, 5) is 11.7. The molecule has 0 aliphatic heterocycles. The molecule has 1 heterocycles. The fraction of sp³-hybridized carbons (Fsp3) is 0.286. The summed E-state index contributed by atoms with van der Waals surface area (Å²) < 4.78 is 9.85. The van der Waals surface area contributed by atoms with Crippen LogP contribution in [0.2, 0.25) is 0 Å². The summed E-state index contributed by atoms with van der Waals surface area (Å²) >= 11 is 0. The predicted octanol–water partition coefficient (Wildman–Crippen LogP) is 1.46. The van der Waals surface area contributed by atoms with Gasteiger partial charge < -0.3 is 19.7 Å². The molecule has 0 aliphatic carbocycles. The lowest BCUT2D eigenvalue weighted by molar-refractivity contribution is 0.0907. The molecule has 0 fully saturated rings. The van der Waals surface area contributed by atoms with Crippen LogP contribution in [-0.2, 0) is 0 Å². The number of aryl methyl sites for hydroxylation is 1. The highest BCUT2D eigenvalue weighted by Crippen LogP contribution is 2.17. The van der Waals surface area contributed by atoms with Crippen molar-refractivity contribution in [3.63, 3.8) is 0 Å². The van der Waals surface area contributed by atoms with Gasteiger partial charge in [-0.1, -0.05) is 17.3 Å². The van der Waals surface area contributed by atoms with E-state index in [2.05, 4.69) is 10.5 Å². The van der Waals surface area contributed by atoms with E-state index in [9.17, 15) is 9.90 Å². The van der Waals surface area contributed by atoms with Gasteiger partial charge in [0.05, 0.1) is 13.2 Å². The van der Waals surface area contributed by atoms with E-state index in [0.29, 0.717) is 17.1 Å². The minimum Gasteiger partial charge on any atom is -0.497 e. The fourth-order valence-electron chi connectivity index (χ4n) is 1.70. The Balaban J connectivity index is 1.91. The van der Waals surface area contributed by atoms with E-state index >= 15 is 0 Å². The molecule has 0 bridgehead atoms. The second-order valence-electron chi connectivity index (χ2n) is 4.32. The number of methoxy groups -OCH3 is 1. The number of hydrogen-bond acceptors (Lipinski definition) is 5. The van der Waals surface area contributed by atoms with Gasteiger partial charge in [-0.25, -0.2) is 0 Å². The van der Waals surface area contributed by atoms with Gasteiger partial charge in [0, 0.05) is 12.6 Å². The maximum absolute atomic E-state index is 11.7. The van der Waals surface area contributed by atoms with Crippen LogP contribution < -0.4 is 10.1 Å². The van der Waals surface area contributed by atoms with Crippen molar-refractivity contribution in [1.29, 1.82) is 0 Å². The monoisotopic (exact) mass is 276 g/mol. The maximum atomic E-state index is 11.7. The van der Waals surface area contributed by atoms with Crippen LogP contribution in [0.15, 0.2) is 34.9 Å². The zero-order valence-electron chi connectivity index (χ0n) is 11.3. The summed E-state index contributed by atoms with van der Waals surface area (Å²) in [5.41, 5.74) is 0.895. The first-order chi connectivity index (χ1) is 9.60. The summed E-state index contributed by atoms with van der Waals surface area (Å²) in [7, 11) is 1.57. The van der Waals surface area contributed by atoms with Crippen LogP contribution in [0.25, 0.3) is 0 Å². The Labute approximate surface area is 116 Å². The molecule has 0 saturated carbocycles. The van der Waals surface area contributed by atoms with E-state index in [0.717, 1.165) is 0 Å². The van der Waals surface area contributed by atoms with E-state index < -0.39 is 6.10 Å². The van der Waals surface area contributed by atoms with Gasteiger partial charge in [0.15, 0.2) is 5.69 Å². The predicted molar refractivity (Wildman–Crippen MR) is 71.5 cm³/mol. The van der Waals surface area contributed by atoms with E-state index in [1.54, 1.807) is 38.3 Å². The molecule has 106 valence electrons. The van der Waals surface area contributed by atoms with Crippen molar-refractivity contribution in [2.45, 2.75) is 13.0 Å². The number of nitrogens with one attached hydrogen (secondary N) is 1. The average molecular weight is 276 g/mol. The van der Waals surface area contributed by atoms with Crippen LogP contribution >= 0.6 is 0 Å². The van der Waals surface area contributed by atoms with Crippen molar-refractivity contribution in [3.8, 4) is 5.75 Å². The number of rotatable bonds is 5. The molecular formula is C14H16N2O4. The van der Waals surface area contributed by atoms with Crippen molar-refractivity contribution < 1.29 is 19.2 Å². The zero-order valence-corrected chi connectivity index (χ0v) is 11.3. The third-order valence-corrected chi connectivity index (χ3v) is 2.82. The van der Waals surface area contributed by atoms with Crippen molar-refractivity contribution in [2.75, 3.05) is 13.7 Å². The minimum absolute atomic E-state index is 0.0943. The molecule has 1 atom stereocenters. The number of ether oxygens (including phenoxy) is 1. The van der Waals surface area contributed by atoms with Crippen LogP contribution in [0.4, 0.5) is 0 Å². The molecule has 2 aromatic rings. The molecule has 1 unspecified atom stereocenters. The first kappa shape index (κ1) is 14.1. The Morgan fingerprint density at radius 3 is 2.70 bits per heavy atom. The van der Waals surface area contributed by atoms with Gasteiger partial charge in [-0.05, 0) is 24.6 Å². The van der Waals surface area contributed by atoms with Gasteiger partial charge in [0.2, 0.25) is 0 Å². The summed E-state index contributed by atoms with van der Waals surface area (Å²) in [5, 5.41) is 16.2. The molecule has 6 nitrogen and oxygen atoms in total. The topological polar surface area (TPSA) is 84.6 Å². The molecule has 1 amide bonds. The fourth-order valence-corrected chi connectivity index (χ4v) is 1.70. The van der Waals surface area contributed by atoms with Gasteiger partial charge >= 0.3 is 0 Å². The molecule has 6 heteroatoms.